The summed E-state index contributed by atoms with van der Waals surface area (Å²) in [5.41, 5.74) is 2.55. The summed E-state index contributed by atoms with van der Waals surface area (Å²) in [4.78, 5) is 3.89. The maximum atomic E-state index is 14.5. The largest absolute Gasteiger partial charge is 0.361 e. The van der Waals surface area contributed by atoms with Crippen LogP contribution in [0.4, 0.5) is 13.2 Å². The van der Waals surface area contributed by atoms with Gasteiger partial charge in [-0.1, -0.05) is 17.3 Å². The molecule has 0 atom stereocenters. The van der Waals surface area contributed by atoms with E-state index in [-0.39, 0.29) is 22.2 Å². The molecule has 174 valence electrons. The first-order valence-electron chi connectivity index (χ1n) is 9.95. The number of aromatic nitrogens is 5. The Morgan fingerprint density at radius 1 is 1.06 bits per heavy atom. The van der Waals surface area contributed by atoms with Gasteiger partial charge in [0.1, 0.15) is 16.5 Å². The van der Waals surface area contributed by atoms with E-state index in [0.717, 1.165) is 22.3 Å². The molecule has 8 nitrogen and oxygen atoms in total. The summed E-state index contributed by atoms with van der Waals surface area (Å²) in [5.74, 6) is -0.418. The van der Waals surface area contributed by atoms with Crippen molar-refractivity contribution >= 4 is 21.1 Å². The van der Waals surface area contributed by atoms with E-state index in [2.05, 4.69) is 15.2 Å². The molecule has 0 fully saturated rings. The van der Waals surface area contributed by atoms with Gasteiger partial charge in [-0.25, -0.2) is 21.5 Å². The van der Waals surface area contributed by atoms with Crippen molar-refractivity contribution in [3.05, 3.63) is 72.4 Å². The Morgan fingerprint density at radius 2 is 1.82 bits per heavy atom. The molecule has 5 aromatic rings. The van der Waals surface area contributed by atoms with E-state index >= 15 is 0 Å². The molecule has 0 bridgehead atoms. The number of halogens is 3. The van der Waals surface area contributed by atoms with Crippen molar-refractivity contribution in [2.24, 2.45) is 0 Å². The van der Waals surface area contributed by atoms with E-state index in [0.29, 0.717) is 27.3 Å². The third-order valence-electron chi connectivity index (χ3n) is 5.41. The minimum atomic E-state index is -4.41. The van der Waals surface area contributed by atoms with Gasteiger partial charge in [0, 0.05) is 40.8 Å². The second kappa shape index (κ2) is 7.83. The monoisotopic (exact) mass is 487 g/mol. The number of nitrogens with zero attached hydrogens (tertiary/aromatic N) is 5. The number of aryl methyl sites for hydroxylation is 2. The van der Waals surface area contributed by atoms with Gasteiger partial charge in [-0.05, 0) is 32.0 Å². The van der Waals surface area contributed by atoms with E-state index in [9.17, 15) is 21.6 Å². The average Bonchev–Trinajstić information content (AvgIpc) is 3.50. The van der Waals surface area contributed by atoms with Gasteiger partial charge in [-0.15, -0.1) is 0 Å². The van der Waals surface area contributed by atoms with Crippen molar-refractivity contribution < 1.29 is 26.1 Å². The molecule has 5 rings (SSSR count). The number of benzene rings is 1. The second-order valence-corrected chi connectivity index (χ2v) is 9.33. The Bertz CT molecular complexity index is 1630. The molecule has 0 radical (unpaired) electrons. The first-order chi connectivity index (χ1) is 16.2. The zero-order valence-corrected chi connectivity index (χ0v) is 18.6. The number of hydrogen-bond acceptors (Lipinski definition) is 6. The normalized spacial score (nSPS) is 12.2. The maximum absolute atomic E-state index is 14.5. The third kappa shape index (κ3) is 3.37. The Kier molecular flexibility index (Phi) is 5.04. The fraction of sp³-hybridized carbons (Fsp3) is 0.136. The predicted octanol–water partition coefficient (Wildman–Crippen LogP) is 4.94. The number of pyridine rings is 1. The van der Waals surface area contributed by atoms with Gasteiger partial charge in [0.2, 0.25) is 0 Å². The fourth-order valence-electron chi connectivity index (χ4n) is 3.86. The Balaban J connectivity index is 1.81. The van der Waals surface area contributed by atoms with Gasteiger partial charge in [0.05, 0.1) is 22.9 Å². The van der Waals surface area contributed by atoms with Crippen molar-refractivity contribution in [3.8, 4) is 22.3 Å². The quantitative estimate of drug-likeness (QED) is 0.348. The fourth-order valence-corrected chi connectivity index (χ4v) is 5.28. The number of alkyl halides is 2. The lowest BCUT2D eigenvalue weighted by molar-refractivity contribution is 0.0566. The summed E-state index contributed by atoms with van der Waals surface area (Å²) in [6, 6.07) is 6.54. The average molecular weight is 487 g/mol. The molecule has 0 saturated heterocycles. The second-order valence-electron chi connectivity index (χ2n) is 7.55. The van der Waals surface area contributed by atoms with Crippen LogP contribution in [-0.2, 0) is 10.0 Å². The van der Waals surface area contributed by atoms with E-state index in [1.54, 1.807) is 19.9 Å². The number of fused-ring (bicyclic) bond motifs is 1. The van der Waals surface area contributed by atoms with Crippen LogP contribution in [0.2, 0.25) is 0 Å². The van der Waals surface area contributed by atoms with Gasteiger partial charge in [-0.3, -0.25) is 4.98 Å². The summed E-state index contributed by atoms with van der Waals surface area (Å²) in [5, 5.41) is 7.54. The molecule has 1 aromatic carbocycles. The zero-order chi connectivity index (χ0) is 24.2. The van der Waals surface area contributed by atoms with Crippen molar-refractivity contribution in [2.45, 2.75) is 25.3 Å². The molecular weight excluding hydrogens is 471 g/mol. The molecule has 0 saturated carbocycles. The number of hydrogen-bond donors (Lipinski definition) is 0. The van der Waals surface area contributed by atoms with Gasteiger partial charge < -0.3 is 4.52 Å². The van der Waals surface area contributed by atoms with Crippen LogP contribution in [0, 0.1) is 19.7 Å². The zero-order valence-electron chi connectivity index (χ0n) is 17.8. The van der Waals surface area contributed by atoms with Crippen LogP contribution in [0.1, 0.15) is 18.0 Å². The van der Waals surface area contributed by atoms with Crippen LogP contribution in [0.5, 0.6) is 0 Å². The summed E-state index contributed by atoms with van der Waals surface area (Å²) < 4.78 is 74.2. The van der Waals surface area contributed by atoms with Crippen molar-refractivity contribution in [3.63, 3.8) is 0 Å². The summed E-state index contributed by atoms with van der Waals surface area (Å²) in [6.45, 7) is 0.567. The summed E-state index contributed by atoms with van der Waals surface area (Å²) in [7, 11) is -4.41. The molecule has 12 heteroatoms. The maximum Gasteiger partial charge on any atom is 0.333 e. The van der Waals surface area contributed by atoms with Crippen LogP contribution in [0.25, 0.3) is 33.3 Å². The van der Waals surface area contributed by atoms with Gasteiger partial charge >= 0.3 is 6.55 Å². The molecule has 0 N–H and O–H groups in total. The molecule has 34 heavy (non-hydrogen) atoms. The first-order valence-corrected chi connectivity index (χ1v) is 11.4. The van der Waals surface area contributed by atoms with E-state index in [1.807, 2.05) is 0 Å². The highest BCUT2D eigenvalue weighted by molar-refractivity contribution is 7.90. The minimum Gasteiger partial charge on any atom is -0.361 e. The van der Waals surface area contributed by atoms with Crippen LogP contribution >= 0.6 is 0 Å². The third-order valence-corrected chi connectivity index (χ3v) is 7.12. The highest BCUT2D eigenvalue weighted by Crippen LogP contribution is 2.36. The van der Waals surface area contributed by atoms with E-state index in [4.69, 9.17) is 4.52 Å². The van der Waals surface area contributed by atoms with Gasteiger partial charge in [0.25, 0.3) is 10.0 Å². The molecule has 0 amide bonds. The minimum absolute atomic E-state index is 0.126. The van der Waals surface area contributed by atoms with Gasteiger partial charge in [-0.2, -0.15) is 13.9 Å². The highest BCUT2D eigenvalue weighted by atomic mass is 32.2. The molecule has 0 aliphatic carbocycles. The van der Waals surface area contributed by atoms with Crippen LogP contribution in [-0.4, -0.2) is 32.3 Å². The SMILES string of the molecule is Cc1noc(C)c1-c1cnc2c(-c3cnn(C(F)F)c3)cn(S(=O)(=O)c3ccccc3F)c2c1. The first kappa shape index (κ1) is 21.9. The molecule has 0 spiro atoms. The topological polar surface area (TPSA) is 95.8 Å². The highest BCUT2D eigenvalue weighted by Gasteiger charge is 2.27. The molecular formula is C22H16F3N5O3S. The molecule has 0 aliphatic rings. The molecule has 4 heterocycles. The Hall–Kier alpha value is -3.93. The molecule has 4 aromatic heterocycles. The predicted molar refractivity (Wildman–Crippen MR) is 116 cm³/mol. The van der Waals surface area contributed by atoms with Crippen LogP contribution in [0.15, 0.2) is 64.5 Å². The Morgan fingerprint density at radius 3 is 2.47 bits per heavy atom. The van der Waals surface area contributed by atoms with Gasteiger partial charge in [0.15, 0.2) is 0 Å². The molecule has 0 aliphatic heterocycles. The van der Waals surface area contributed by atoms with Crippen molar-refractivity contribution in [1.29, 1.82) is 0 Å². The summed E-state index contributed by atoms with van der Waals surface area (Å²) in [6.07, 6.45) is 5.01. The van der Waals surface area contributed by atoms with Crippen molar-refractivity contribution in [1.82, 2.24) is 23.9 Å². The lowest BCUT2D eigenvalue weighted by Crippen LogP contribution is -2.13. The van der Waals surface area contributed by atoms with Crippen LogP contribution in [0.3, 0.4) is 0 Å². The smallest absolute Gasteiger partial charge is 0.333 e. The van der Waals surface area contributed by atoms with Crippen LogP contribution < -0.4 is 0 Å². The Labute approximate surface area is 191 Å². The molecule has 0 unspecified atom stereocenters. The van der Waals surface area contributed by atoms with E-state index in [1.165, 1.54) is 30.7 Å². The lowest BCUT2D eigenvalue weighted by atomic mass is 10.1. The van der Waals surface area contributed by atoms with E-state index < -0.39 is 27.3 Å². The number of rotatable bonds is 5. The lowest BCUT2D eigenvalue weighted by Gasteiger charge is -2.09. The summed E-state index contributed by atoms with van der Waals surface area (Å²) >= 11 is 0. The standard InChI is InChI=1S/C22H16F3N5O3S/c1-12-20(13(2)33-28-12)14-7-18-21(26-8-14)16(15-9-27-29(10-15)22(24)25)11-30(18)34(31,32)19-6-4-3-5-17(19)23/h3-11,22H,1-2H3. The van der Waals surface area contributed by atoms with Crippen molar-refractivity contribution in [2.75, 3.05) is 0 Å².